The van der Waals surface area contributed by atoms with Crippen molar-refractivity contribution in [3.8, 4) is 11.5 Å². The van der Waals surface area contributed by atoms with Gasteiger partial charge >= 0.3 is 6.18 Å². The maximum Gasteiger partial charge on any atom is 0.416 e. The summed E-state index contributed by atoms with van der Waals surface area (Å²) in [5.41, 5.74) is 0.181. The number of nitrogens with zero attached hydrogens (tertiary/aromatic N) is 1. The van der Waals surface area contributed by atoms with Gasteiger partial charge in [0, 0.05) is 24.7 Å². The van der Waals surface area contributed by atoms with Crippen LogP contribution in [0.25, 0.3) is 6.08 Å². The number of rotatable bonds is 6. The Bertz CT molecular complexity index is 868. The first-order valence-electron chi connectivity index (χ1n) is 8.90. The van der Waals surface area contributed by atoms with E-state index in [4.69, 9.17) is 9.47 Å². The first kappa shape index (κ1) is 23.0. The number of alkyl halides is 3. The van der Waals surface area contributed by atoms with Gasteiger partial charge < -0.3 is 9.47 Å². The van der Waals surface area contributed by atoms with Gasteiger partial charge in [-0.25, -0.2) is 4.39 Å². The predicted molar refractivity (Wildman–Crippen MR) is 106 cm³/mol. The summed E-state index contributed by atoms with van der Waals surface area (Å²) < 4.78 is 62.5. The summed E-state index contributed by atoms with van der Waals surface area (Å²) in [5, 5.41) is 0. The van der Waals surface area contributed by atoms with Crippen LogP contribution in [0.15, 0.2) is 42.5 Å². The lowest BCUT2D eigenvalue weighted by Gasteiger charge is -2.25. The van der Waals surface area contributed by atoms with Gasteiger partial charge in [0.05, 0.1) is 5.56 Å². The van der Waals surface area contributed by atoms with Gasteiger partial charge in [-0.1, -0.05) is 24.3 Å². The van der Waals surface area contributed by atoms with Crippen molar-refractivity contribution in [2.75, 3.05) is 13.3 Å². The molecule has 1 heterocycles. The fourth-order valence-electron chi connectivity index (χ4n) is 2.89. The second kappa shape index (κ2) is 9.50. The maximum atomic E-state index is 13.9. The average Bonchev–Trinajstić information content (AvgIpc) is 3.08. The van der Waals surface area contributed by atoms with E-state index >= 15 is 0 Å². The van der Waals surface area contributed by atoms with Crippen molar-refractivity contribution in [2.45, 2.75) is 32.6 Å². The smallest absolute Gasteiger partial charge is 0.416 e. The first-order chi connectivity index (χ1) is 13.2. The van der Waals surface area contributed by atoms with Crippen LogP contribution in [-0.4, -0.2) is 24.3 Å². The molecule has 0 radical (unpaired) electrons. The summed E-state index contributed by atoms with van der Waals surface area (Å²) in [4.78, 5) is 2.15. The minimum atomic E-state index is -4.55. The quantitative estimate of drug-likeness (QED) is 0.530. The highest BCUT2D eigenvalue weighted by atomic mass is 35.5. The molecule has 0 aromatic heterocycles. The second-order valence-electron chi connectivity index (χ2n) is 6.85. The van der Waals surface area contributed by atoms with Crippen LogP contribution in [-0.2, 0) is 12.7 Å². The highest BCUT2D eigenvalue weighted by Crippen LogP contribution is 2.33. The Morgan fingerprint density at radius 3 is 2.45 bits per heavy atom. The summed E-state index contributed by atoms with van der Waals surface area (Å²) in [6.07, 6.45) is -1.30. The highest BCUT2D eigenvalue weighted by molar-refractivity contribution is 5.85. The molecule has 0 N–H and O–H groups in total. The third-order valence-electron chi connectivity index (χ3n) is 4.52. The molecule has 1 aliphatic rings. The van der Waals surface area contributed by atoms with Crippen LogP contribution in [0, 0.1) is 5.82 Å². The molecule has 0 bridgehead atoms. The van der Waals surface area contributed by atoms with Crippen LogP contribution < -0.4 is 9.47 Å². The molecule has 2 aromatic rings. The van der Waals surface area contributed by atoms with E-state index < -0.39 is 17.6 Å². The summed E-state index contributed by atoms with van der Waals surface area (Å²) in [6.45, 7) is 5.47. The van der Waals surface area contributed by atoms with Crippen molar-refractivity contribution in [1.82, 2.24) is 4.90 Å². The van der Waals surface area contributed by atoms with Crippen LogP contribution in [0.3, 0.4) is 0 Å². The van der Waals surface area contributed by atoms with Gasteiger partial charge in [-0.2, -0.15) is 13.2 Å². The van der Waals surface area contributed by atoms with Crippen molar-refractivity contribution in [1.29, 1.82) is 0 Å². The lowest BCUT2D eigenvalue weighted by molar-refractivity contribution is -0.137. The minimum absolute atomic E-state index is 0. The van der Waals surface area contributed by atoms with E-state index in [2.05, 4.69) is 4.90 Å². The van der Waals surface area contributed by atoms with Crippen molar-refractivity contribution in [3.05, 3.63) is 65.0 Å². The van der Waals surface area contributed by atoms with E-state index in [0.717, 1.165) is 23.4 Å². The van der Waals surface area contributed by atoms with Gasteiger partial charge in [-0.15, -0.1) is 12.4 Å². The molecule has 0 unspecified atom stereocenters. The molecular formula is C21H22ClF4NO2. The molecule has 0 saturated heterocycles. The van der Waals surface area contributed by atoms with Crippen molar-refractivity contribution < 1.29 is 27.0 Å². The molecule has 29 heavy (non-hydrogen) atoms. The number of ether oxygens (including phenoxy) is 2. The molecule has 158 valence electrons. The van der Waals surface area contributed by atoms with E-state index in [1.807, 2.05) is 32.0 Å². The first-order valence-corrected chi connectivity index (χ1v) is 8.90. The molecule has 1 aliphatic heterocycles. The van der Waals surface area contributed by atoms with Crippen LogP contribution in [0.4, 0.5) is 17.6 Å². The average molecular weight is 432 g/mol. The zero-order valence-electron chi connectivity index (χ0n) is 16.0. The van der Waals surface area contributed by atoms with E-state index in [9.17, 15) is 17.6 Å². The van der Waals surface area contributed by atoms with E-state index in [0.29, 0.717) is 24.9 Å². The van der Waals surface area contributed by atoms with Crippen LogP contribution in [0.1, 0.15) is 30.5 Å². The van der Waals surface area contributed by atoms with Gasteiger partial charge in [-0.05, 0) is 43.7 Å². The van der Waals surface area contributed by atoms with Gasteiger partial charge in [0.2, 0.25) is 6.79 Å². The third kappa shape index (κ3) is 5.87. The molecule has 0 aliphatic carbocycles. The normalized spacial score (nSPS) is 13.4. The van der Waals surface area contributed by atoms with E-state index in [1.54, 1.807) is 6.08 Å². The monoisotopic (exact) mass is 431 g/mol. The minimum Gasteiger partial charge on any atom is -0.454 e. The zero-order valence-corrected chi connectivity index (χ0v) is 16.8. The summed E-state index contributed by atoms with van der Waals surface area (Å²) in [7, 11) is 0. The van der Waals surface area contributed by atoms with Crippen LogP contribution in [0.5, 0.6) is 11.5 Å². The molecule has 0 atom stereocenters. The molecule has 0 saturated carbocycles. The van der Waals surface area contributed by atoms with Crippen LogP contribution in [0.2, 0.25) is 0 Å². The molecular weight excluding hydrogens is 410 g/mol. The second-order valence-corrected chi connectivity index (χ2v) is 6.85. The third-order valence-corrected chi connectivity index (χ3v) is 4.52. The Labute approximate surface area is 173 Å². The van der Waals surface area contributed by atoms with Gasteiger partial charge in [0.1, 0.15) is 5.82 Å². The Balaban J connectivity index is 0.00000300. The standard InChI is InChI=1S/C21H21F4NO2.ClH/c1-14(2)26(12-15-5-8-19-20(10-15)28-13-27-19)9-3-4-16-6-7-17(11-18(16)22)21(23,24)25;/h3-8,10-11,14H,9,12-13H2,1-2H3;1H/b4-3+;. The number of fused-ring (bicyclic) bond motifs is 1. The summed E-state index contributed by atoms with van der Waals surface area (Å²) in [6, 6.07) is 8.52. The van der Waals surface area contributed by atoms with Gasteiger partial charge in [0.15, 0.2) is 11.5 Å². The fourth-order valence-corrected chi connectivity index (χ4v) is 2.89. The molecule has 3 nitrogen and oxygen atoms in total. The number of hydrogen-bond donors (Lipinski definition) is 0. The van der Waals surface area contributed by atoms with Crippen molar-refractivity contribution in [3.63, 3.8) is 0 Å². The highest BCUT2D eigenvalue weighted by Gasteiger charge is 2.31. The molecule has 3 rings (SSSR count). The molecule has 0 spiro atoms. The Kier molecular flexibility index (Phi) is 7.54. The Morgan fingerprint density at radius 2 is 1.79 bits per heavy atom. The SMILES string of the molecule is CC(C)N(C/C=C/c1ccc(C(F)(F)F)cc1F)Cc1ccc2c(c1)OCO2.Cl. The Morgan fingerprint density at radius 1 is 1.07 bits per heavy atom. The van der Waals surface area contributed by atoms with E-state index in [-0.39, 0.29) is 30.8 Å². The largest absolute Gasteiger partial charge is 0.454 e. The number of benzene rings is 2. The van der Waals surface area contributed by atoms with Crippen LogP contribution >= 0.6 is 12.4 Å². The molecule has 0 fully saturated rings. The van der Waals surface area contributed by atoms with Crippen molar-refractivity contribution >= 4 is 18.5 Å². The summed E-state index contributed by atoms with van der Waals surface area (Å²) >= 11 is 0. The van der Waals surface area contributed by atoms with Gasteiger partial charge in [0.25, 0.3) is 0 Å². The number of hydrogen-bond acceptors (Lipinski definition) is 3. The van der Waals surface area contributed by atoms with Crippen molar-refractivity contribution in [2.24, 2.45) is 0 Å². The topological polar surface area (TPSA) is 21.7 Å². The fraction of sp³-hybridized carbons (Fsp3) is 0.333. The molecule has 0 amide bonds. The molecule has 2 aromatic carbocycles. The molecule has 8 heteroatoms. The predicted octanol–water partition coefficient (Wildman–Crippen LogP) is 5.92. The van der Waals surface area contributed by atoms with E-state index in [1.165, 1.54) is 6.08 Å². The lowest BCUT2D eigenvalue weighted by Crippen LogP contribution is -2.30. The summed E-state index contributed by atoms with van der Waals surface area (Å²) in [5.74, 6) is 0.541. The maximum absolute atomic E-state index is 13.9. The zero-order chi connectivity index (χ0) is 20.3. The van der Waals surface area contributed by atoms with Gasteiger partial charge in [-0.3, -0.25) is 4.90 Å². The lowest BCUT2D eigenvalue weighted by atomic mass is 10.1. The Hall–Kier alpha value is -2.25. The number of halogens is 5.